The van der Waals surface area contributed by atoms with Gasteiger partial charge in [0, 0.05) is 5.56 Å². The summed E-state index contributed by atoms with van der Waals surface area (Å²) in [4.78, 5) is 0. The molecule has 2 heteroatoms. The van der Waals surface area contributed by atoms with E-state index in [1.54, 1.807) is 0 Å². The van der Waals surface area contributed by atoms with E-state index in [9.17, 15) is 0 Å². The Bertz CT molecular complexity index is 446. The molecule has 0 saturated heterocycles. The van der Waals surface area contributed by atoms with Gasteiger partial charge in [0.2, 0.25) is 0 Å². The molecule has 0 fully saturated rings. The molecular weight excluding hydrogens is 232 g/mol. The molecule has 1 aromatic rings. The van der Waals surface area contributed by atoms with Crippen molar-refractivity contribution in [1.82, 2.24) is 0 Å². The summed E-state index contributed by atoms with van der Waals surface area (Å²) >= 11 is 5.66. The Morgan fingerprint density at radius 2 is 2.24 bits per heavy atom. The number of hydrogen-bond donors (Lipinski definition) is 0. The maximum atomic E-state index is 5.67. The van der Waals surface area contributed by atoms with E-state index in [1.807, 2.05) is 6.07 Å². The summed E-state index contributed by atoms with van der Waals surface area (Å²) < 4.78 is 5.67. The third kappa shape index (κ3) is 2.92. The third-order valence-corrected chi connectivity index (χ3v) is 3.11. The number of fused-ring (bicyclic) bond motifs is 1. The Kier molecular flexibility index (Phi) is 4.27. The van der Waals surface area contributed by atoms with E-state index < -0.39 is 0 Å². The van der Waals surface area contributed by atoms with Crippen LogP contribution in [0.4, 0.5) is 0 Å². The summed E-state index contributed by atoms with van der Waals surface area (Å²) in [5.74, 6) is 1.46. The average molecular weight is 249 g/mol. The fourth-order valence-electron chi connectivity index (χ4n) is 2.03. The molecule has 1 aliphatic rings. The lowest BCUT2D eigenvalue weighted by molar-refractivity contribution is 0.342. The molecule has 0 radical (unpaired) electrons. The van der Waals surface area contributed by atoms with Gasteiger partial charge in [-0.3, -0.25) is 0 Å². The number of halogens is 1. The Morgan fingerprint density at radius 3 is 3.00 bits per heavy atom. The van der Waals surface area contributed by atoms with E-state index >= 15 is 0 Å². The second-order valence-electron chi connectivity index (χ2n) is 4.08. The first kappa shape index (κ1) is 12.3. The predicted molar refractivity (Wildman–Crippen MR) is 73.8 cm³/mol. The van der Waals surface area contributed by atoms with Crippen LogP contribution in [-0.4, -0.2) is 12.5 Å². The van der Waals surface area contributed by atoms with Gasteiger partial charge in [-0.2, -0.15) is 0 Å². The molecule has 0 N–H and O–H groups in total. The summed E-state index contributed by atoms with van der Waals surface area (Å²) in [6.07, 6.45) is 8.54. The summed E-state index contributed by atoms with van der Waals surface area (Å²) in [5.41, 5.74) is 3.98. The minimum Gasteiger partial charge on any atom is -0.492 e. The van der Waals surface area contributed by atoms with E-state index in [4.69, 9.17) is 16.3 Å². The number of allylic oxidation sites excluding steroid dienone is 3. The smallest absolute Gasteiger partial charge is 0.126 e. The zero-order valence-corrected chi connectivity index (χ0v) is 10.8. The van der Waals surface area contributed by atoms with Crippen LogP contribution in [0, 0.1) is 0 Å². The van der Waals surface area contributed by atoms with Crippen LogP contribution in [0.25, 0.3) is 6.08 Å². The van der Waals surface area contributed by atoms with Crippen molar-refractivity contribution in [2.75, 3.05) is 12.5 Å². The quantitative estimate of drug-likeness (QED) is 0.726. The Labute approximate surface area is 108 Å². The highest BCUT2D eigenvalue weighted by molar-refractivity contribution is 6.18. The standard InChI is InChI=1S/C15H17ClO/c1-2-12-5-3-7-14-13(11-12)6-4-8-15(14)17-10-9-16/h3-8H,2,9-11H2,1H3. The maximum absolute atomic E-state index is 5.67. The number of rotatable bonds is 4. The number of hydrogen-bond acceptors (Lipinski definition) is 1. The van der Waals surface area contributed by atoms with Crippen molar-refractivity contribution in [3.05, 3.63) is 47.1 Å². The van der Waals surface area contributed by atoms with Gasteiger partial charge >= 0.3 is 0 Å². The van der Waals surface area contributed by atoms with Gasteiger partial charge in [-0.15, -0.1) is 11.6 Å². The molecular formula is C15H17ClO. The summed E-state index contributed by atoms with van der Waals surface area (Å²) in [7, 11) is 0. The highest BCUT2D eigenvalue weighted by Gasteiger charge is 2.10. The van der Waals surface area contributed by atoms with Gasteiger partial charge in [0.05, 0.1) is 5.88 Å². The van der Waals surface area contributed by atoms with Gasteiger partial charge in [0.1, 0.15) is 12.4 Å². The minimum atomic E-state index is 0.520. The van der Waals surface area contributed by atoms with Crippen molar-refractivity contribution in [3.8, 4) is 5.75 Å². The van der Waals surface area contributed by atoms with Crippen LogP contribution in [0.2, 0.25) is 0 Å². The Morgan fingerprint density at radius 1 is 1.35 bits per heavy atom. The fraction of sp³-hybridized carbons (Fsp3) is 0.333. The van der Waals surface area contributed by atoms with Crippen molar-refractivity contribution in [2.45, 2.75) is 19.8 Å². The number of benzene rings is 1. The highest BCUT2D eigenvalue weighted by atomic mass is 35.5. The van der Waals surface area contributed by atoms with Gasteiger partial charge in [-0.1, -0.05) is 42.9 Å². The minimum absolute atomic E-state index is 0.520. The zero-order chi connectivity index (χ0) is 12.1. The topological polar surface area (TPSA) is 9.23 Å². The molecule has 17 heavy (non-hydrogen) atoms. The molecule has 90 valence electrons. The largest absolute Gasteiger partial charge is 0.492 e. The normalized spacial score (nSPS) is 13.9. The van der Waals surface area contributed by atoms with E-state index in [1.165, 1.54) is 16.7 Å². The van der Waals surface area contributed by atoms with Crippen molar-refractivity contribution in [3.63, 3.8) is 0 Å². The Hall–Kier alpha value is -1.21. The first-order chi connectivity index (χ1) is 8.35. The van der Waals surface area contributed by atoms with Crippen LogP contribution in [0.5, 0.6) is 5.75 Å². The van der Waals surface area contributed by atoms with E-state index in [0.717, 1.165) is 18.6 Å². The SMILES string of the molecule is CCC1=CC=Cc2c(cccc2OCCCl)C1. The van der Waals surface area contributed by atoms with Gasteiger partial charge in [-0.25, -0.2) is 0 Å². The van der Waals surface area contributed by atoms with Crippen LogP contribution >= 0.6 is 11.6 Å². The molecule has 0 amide bonds. The first-order valence-electron chi connectivity index (χ1n) is 6.02. The lowest BCUT2D eigenvalue weighted by Gasteiger charge is -2.12. The number of alkyl halides is 1. The summed E-state index contributed by atoms with van der Waals surface area (Å²) in [6.45, 7) is 2.75. The second kappa shape index (κ2) is 5.92. The molecule has 1 aromatic carbocycles. The summed E-state index contributed by atoms with van der Waals surface area (Å²) in [5, 5.41) is 0. The van der Waals surface area contributed by atoms with Crippen molar-refractivity contribution in [1.29, 1.82) is 0 Å². The zero-order valence-electron chi connectivity index (χ0n) is 10.1. The molecule has 0 bridgehead atoms. The van der Waals surface area contributed by atoms with Gasteiger partial charge in [-0.05, 0) is 24.5 Å². The molecule has 0 unspecified atom stereocenters. The van der Waals surface area contributed by atoms with Gasteiger partial charge in [0.15, 0.2) is 0 Å². The lowest BCUT2D eigenvalue weighted by Crippen LogP contribution is -2.01. The maximum Gasteiger partial charge on any atom is 0.126 e. The van der Waals surface area contributed by atoms with Crippen molar-refractivity contribution < 1.29 is 4.74 Å². The molecule has 0 heterocycles. The van der Waals surface area contributed by atoms with Crippen molar-refractivity contribution in [2.24, 2.45) is 0 Å². The van der Waals surface area contributed by atoms with Crippen LogP contribution in [0.15, 0.2) is 35.9 Å². The average Bonchev–Trinajstić information content (AvgIpc) is 2.58. The molecule has 0 aromatic heterocycles. The van der Waals surface area contributed by atoms with Crippen molar-refractivity contribution >= 4 is 17.7 Å². The first-order valence-corrected chi connectivity index (χ1v) is 6.55. The third-order valence-electron chi connectivity index (χ3n) is 2.96. The molecule has 0 atom stereocenters. The van der Waals surface area contributed by atoms with Crippen LogP contribution in [0.3, 0.4) is 0 Å². The monoisotopic (exact) mass is 248 g/mol. The van der Waals surface area contributed by atoms with E-state index in [2.05, 4.69) is 37.3 Å². The van der Waals surface area contributed by atoms with Gasteiger partial charge in [0.25, 0.3) is 0 Å². The molecule has 2 rings (SSSR count). The molecule has 0 aliphatic heterocycles. The second-order valence-corrected chi connectivity index (χ2v) is 4.46. The van der Waals surface area contributed by atoms with Crippen LogP contribution in [-0.2, 0) is 6.42 Å². The number of ether oxygens (including phenoxy) is 1. The van der Waals surface area contributed by atoms with Gasteiger partial charge < -0.3 is 4.74 Å². The molecule has 0 spiro atoms. The molecule has 1 aliphatic carbocycles. The highest BCUT2D eigenvalue weighted by Crippen LogP contribution is 2.28. The van der Waals surface area contributed by atoms with Crippen LogP contribution in [0.1, 0.15) is 24.5 Å². The molecule has 0 saturated carbocycles. The lowest BCUT2D eigenvalue weighted by atomic mass is 9.99. The fourth-order valence-corrected chi connectivity index (χ4v) is 2.11. The molecule has 1 nitrogen and oxygen atoms in total. The van der Waals surface area contributed by atoms with E-state index in [-0.39, 0.29) is 0 Å². The van der Waals surface area contributed by atoms with Crippen LogP contribution < -0.4 is 4.74 Å². The Balaban J connectivity index is 2.30. The summed E-state index contributed by atoms with van der Waals surface area (Å²) in [6, 6.07) is 6.23. The van der Waals surface area contributed by atoms with E-state index in [0.29, 0.717) is 12.5 Å². The predicted octanol–water partition coefficient (Wildman–Crippen LogP) is 4.21.